The predicted octanol–water partition coefficient (Wildman–Crippen LogP) is 2.82. The molecule has 1 saturated carbocycles. The first-order valence-corrected chi connectivity index (χ1v) is 5.54. The van der Waals surface area contributed by atoms with Crippen LogP contribution in [-0.2, 0) is 6.54 Å². The number of rotatable bonds is 4. The maximum absolute atomic E-state index is 3.59. The predicted molar refractivity (Wildman–Crippen MR) is 60.0 cm³/mol. The fourth-order valence-electron chi connectivity index (χ4n) is 2.07. The summed E-state index contributed by atoms with van der Waals surface area (Å²) in [7, 11) is 0. The Kier molecular flexibility index (Phi) is 2.87. The molecule has 0 saturated heterocycles. The highest BCUT2D eigenvalue weighted by molar-refractivity contribution is 5.14. The highest BCUT2D eigenvalue weighted by Gasteiger charge is 2.36. The van der Waals surface area contributed by atoms with Gasteiger partial charge in [-0.1, -0.05) is 37.3 Å². The number of hydrogen-bond donors (Lipinski definition) is 1. The summed E-state index contributed by atoms with van der Waals surface area (Å²) in [5.41, 5.74) is 1.38. The zero-order chi connectivity index (χ0) is 9.97. The summed E-state index contributed by atoms with van der Waals surface area (Å²) in [5.74, 6) is 1.85. The van der Waals surface area contributed by atoms with Crippen molar-refractivity contribution < 1.29 is 0 Å². The molecule has 1 aromatic carbocycles. The first-order chi connectivity index (χ1) is 6.77. The molecule has 0 bridgehead atoms. The summed E-state index contributed by atoms with van der Waals surface area (Å²) in [4.78, 5) is 0. The van der Waals surface area contributed by atoms with Crippen LogP contribution in [0.3, 0.4) is 0 Å². The van der Waals surface area contributed by atoms with Crippen molar-refractivity contribution >= 4 is 0 Å². The number of hydrogen-bond acceptors (Lipinski definition) is 1. The van der Waals surface area contributed by atoms with E-state index in [9.17, 15) is 0 Å². The van der Waals surface area contributed by atoms with Crippen molar-refractivity contribution in [1.29, 1.82) is 0 Å². The third-order valence-corrected chi connectivity index (χ3v) is 3.28. The second kappa shape index (κ2) is 4.14. The van der Waals surface area contributed by atoms with Crippen molar-refractivity contribution in [3.8, 4) is 0 Å². The molecule has 1 aliphatic rings. The van der Waals surface area contributed by atoms with Gasteiger partial charge in [0.1, 0.15) is 0 Å². The van der Waals surface area contributed by atoms with E-state index in [1.807, 2.05) is 0 Å². The Morgan fingerprint density at radius 3 is 2.57 bits per heavy atom. The van der Waals surface area contributed by atoms with Crippen molar-refractivity contribution in [3.63, 3.8) is 0 Å². The second-order valence-corrected chi connectivity index (χ2v) is 4.53. The van der Waals surface area contributed by atoms with Gasteiger partial charge in [-0.3, -0.25) is 0 Å². The largest absolute Gasteiger partial charge is 0.310 e. The summed E-state index contributed by atoms with van der Waals surface area (Å²) in [5, 5.41) is 3.59. The highest BCUT2D eigenvalue weighted by Crippen LogP contribution is 2.40. The van der Waals surface area contributed by atoms with Crippen LogP contribution < -0.4 is 5.32 Å². The van der Waals surface area contributed by atoms with Crippen molar-refractivity contribution in [2.24, 2.45) is 11.8 Å². The summed E-state index contributed by atoms with van der Waals surface area (Å²) in [6.45, 7) is 5.65. The first-order valence-electron chi connectivity index (χ1n) is 5.54. The molecule has 1 heteroatoms. The fraction of sp³-hybridized carbons (Fsp3) is 0.538. The molecule has 0 radical (unpaired) electrons. The molecule has 1 fully saturated rings. The van der Waals surface area contributed by atoms with Crippen molar-refractivity contribution in [2.45, 2.75) is 32.9 Å². The third kappa shape index (κ3) is 2.36. The van der Waals surface area contributed by atoms with Crippen LogP contribution in [0.1, 0.15) is 25.8 Å². The van der Waals surface area contributed by atoms with E-state index >= 15 is 0 Å². The molecule has 0 unspecified atom stereocenters. The molecule has 3 atom stereocenters. The zero-order valence-electron chi connectivity index (χ0n) is 9.03. The van der Waals surface area contributed by atoms with Gasteiger partial charge in [0.15, 0.2) is 0 Å². The lowest BCUT2D eigenvalue weighted by molar-refractivity contribution is 0.477. The summed E-state index contributed by atoms with van der Waals surface area (Å²) >= 11 is 0. The Hall–Kier alpha value is -0.820. The van der Waals surface area contributed by atoms with Gasteiger partial charge in [-0.15, -0.1) is 0 Å². The smallest absolute Gasteiger partial charge is 0.0208 e. The van der Waals surface area contributed by atoms with Crippen LogP contribution in [0.4, 0.5) is 0 Å². The van der Waals surface area contributed by atoms with Crippen LogP contribution >= 0.6 is 0 Å². The van der Waals surface area contributed by atoms with Gasteiger partial charge in [-0.25, -0.2) is 0 Å². The Bertz CT molecular complexity index is 281. The quantitative estimate of drug-likeness (QED) is 0.768. The van der Waals surface area contributed by atoms with Crippen LogP contribution in [0.5, 0.6) is 0 Å². The monoisotopic (exact) mass is 189 g/mol. The lowest BCUT2D eigenvalue weighted by Crippen LogP contribution is -2.27. The van der Waals surface area contributed by atoms with E-state index in [4.69, 9.17) is 0 Å². The molecular weight excluding hydrogens is 170 g/mol. The minimum absolute atomic E-state index is 0.671. The van der Waals surface area contributed by atoms with Gasteiger partial charge >= 0.3 is 0 Å². The fourth-order valence-corrected chi connectivity index (χ4v) is 2.07. The molecule has 2 rings (SSSR count). The second-order valence-electron chi connectivity index (χ2n) is 4.53. The van der Waals surface area contributed by atoms with E-state index in [1.54, 1.807) is 0 Å². The van der Waals surface area contributed by atoms with Crippen molar-refractivity contribution in [2.75, 3.05) is 0 Å². The molecule has 0 aliphatic heterocycles. The Morgan fingerprint density at radius 1 is 1.36 bits per heavy atom. The number of benzene rings is 1. The molecule has 76 valence electrons. The van der Waals surface area contributed by atoms with Gasteiger partial charge < -0.3 is 5.32 Å². The van der Waals surface area contributed by atoms with Crippen molar-refractivity contribution in [3.05, 3.63) is 35.9 Å². The van der Waals surface area contributed by atoms with Gasteiger partial charge in [0.2, 0.25) is 0 Å². The van der Waals surface area contributed by atoms with Gasteiger partial charge in [-0.2, -0.15) is 0 Å². The van der Waals surface area contributed by atoms with Gasteiger partial charge in [0, 0.05) is 12.6 Å². The molecule has 1 N–H and O–H groups in total. The van der Waals surface area contributed by atoms with Crippen LogP contribution in [0, 0.1) is 11.8 Å². The number of nitrogens with one attached hydrogen (secondary N) is 1. The van der Waals surface area contributed by atoms with Gasteiger partial charge in [0.25, 0.3) is 0 Å². The Morgan fingerprint density at radius 2 is 2.00 bits per heavy atom. The van der Waals surface area contributed by atoms with Gasteiger partial charge in [0.05, 0.1) is 0 Å². The Balaban J connectivity index is 1.77. The summed E-state index contributed by atoms with van der Waals surface area (Å²) in [6, 6.07) is 11.3. The maximum atomic E-state index is 3.59. The van der Waals surface area contributed by atoms with Crippen LogP contribution in [0.25, 0.3) is 0 Å². The maximum Gasteiger partial charge on any atom is 0.0208 e. The molecule has 0 heterocycles. The SMILES string of the molecule is C[C@@H]1C[C@H]1[C@@H](C)NCc1ccccc1. The van der Waals surface area contributed by atoms with E-state index in [-0.39, 0.29) is 0 Å². The topological polar surface area (TPSA) is 12.0 Å². The third-order valence-electron chi connectivity index (χ3n) is 3.28. The molecule has 0 aromatic heterocycles. The van der Waals surface area contributed by atoms with Gasteiger partial charge in [-0.05, 0) is 30.7 Å². The molecule has 14 heavy (non-hydrogen) atoms. The molecule has 1 aromatic rings. The normalized spacial score (nSPS) is 27.3. The Labute approximate surface area is 86.5 Å². The van der Waals surface area contributed by atoms with E-state index < -0.39 is 0 Å². The van der Waals surface area contributed by atoms with Crippen molar-refractivity contribution in [1.82, 2.24) is 5.32 Å². The minimum atomic E-state index is 0.671. The van der Waals surface area contributed by atoms with E-state index in [1.165, 1.54) is 12.0 Å². The molecule has 1 aliphatic carbocycles. The molecule has 0 spiro atoms. The average molecular weight is 189 g/mol. The summed E-state index contributed by atoms with van der Waals surface area (Å²) in [6.07, 6.45) is 1.41. The van der Waals surface area contributed by atoms with Crippen LogP contribution in [-0.4, -0.2) is 6.04 Å². The average Bonchev–Trinajstić information content (AvgIpc) is 2.94. The molecular formula is C13H19N. The molecule has 0 amide bonds. The van der Waals surface area contributed by atoms with Crippen LogP contribution in [0.15, 0.2) is 30.3 Å². The van der Waals surface area contributed by atoms with E-state index in [2.05, 4.69) is 49.5 Å². The zero-order valence-corrected chi connectivity index (χ0v) is 9.03. The lowest BCUT2D eigenvalue weighted by Gasteiger charge is -2.13. The van der Waals surface area contributed by atoms with Crippen LogP contribution in [0.2, 0.25) is 0 Å². The minimum Gasteiger partial charge on any atom is -0.310 e. The first kappa shape index (κ1) is 9.72. The highest BCUT2D eigenvalue weighted by atomic mass is 14.9. The lowest BCUT2D eigenvalue weighted by atomic mass is 10.1. The standard InChI is InChI=1S/C13H19N/c1-10-8-13(10)11(2)14-9-12-6-4-3-5-7-12/h3-7,10-11,13-14H,8-9H2,1-2H3/t10-,11-,13-/m1/s1. The molecule has 1 nitrogen and oxygen atoms in total. The van der Waals surface area contributed by atoms with E-state index in [0.717, 1.165) is 18.4 Å². The summed E-state index contributed by atoms with van der Waals surface area (Å²) < 4.78 is 0. The van der Waals surface area contributed by atoms with E-state index in [0.29, 0.717) is 6.04 Å².